The van der Waals surface area contributed by atoms with E-state index >= 15 is 0 Å². The van der Waals surface area contributed by atoms with E-state index in [-0.39, 0.29) is 19.1 Å². The molecule has 2 N–H and O–H groups in total. The molecule has 0 aromatic heterocycles. The Kier molecular flexibility index (Phi) is 26.5. The van der Waals surface area contributed by atoms with Gasteiger partial charge in [-0.1, -0.05) is 136 Å². The summed E-state index contributed by atoms with van der Waals surface area (Å²) in [6.45, 7) is 4.58. The Hall–Kier alpha value is -0.500. The van der Waals surface area contributed by atoms with E-state index < -0.39 is 20.0 Å². The normalized spacial score (nSPS) is 14.9. The molecule has 3 atom stereocenters. The van der Waals surface area contributed by atoms with E-state index in [0.717, 1.165) is 44.9 Å². The predicted molar refractivity (Wildman–Crippen MR) is 173 cm³/mol. The summed E-state index contributed by atoms with van der Waals surface area (Å²) in [6, 6.07) is -0.788. The lowest BCUT2D eigenvalue weighted by Crippen LogP contribution is -2.46. The van der Waals surface area contributed by atoms with Crippen molar-refractivity contribution in [2.75, 3.05) is 40.9 Å². The van der Waals surface area contributed by atoms with Gasteiger partial charge in [0.2, 0.25) is 5.91 Å². The van der Waals surface area contributed by atoms with Gasteiger partial charge < -0.3 is 28.8 Å². The standard InChI is InChI=1S/C33H69N2O6P/c1-6-8-10-12-13-14-15-16-17-18-19-20-21-22-23-24-26-32(36)31(34-33(37)27-25-11-9-7-2)30-41-42(38,39)40-29-28-35(3,4)5/h31-32,36H,6-30H2,1-5H3,(H-,34,37,38,39). The number of phosphoric acid groups is 1. The Morgan fingerprint density at radius 2 is 1.17 bits per heavy atom. The lowest BCUT2D eigenvalue weighted by Gasteiger charge is -2.30. The quantitative estimate of drug-likeness (QED) is 0.0468. The minimum Gasteiger partial charge on any atom is -0.756 e. The van der Waals surface area contributed by atoms with Gasteiger partial charge in [0.25, 0.3) is 7.82 Å². The summed E-state index contributed by atoms with van der Waals surface area (Å²) in [7, 11) is 1.30. The number of hydrogen-bond acceptors (Lipinski definition) is 6. The number of unbranched alkanes of at least 4 members (excludes halogenated alkanes) is 18. The molecule has 0 fully saturated rings. The topological polar surface area (TPSA) is 108 Å². The van der Waals surface area contributed by atoms with Crippen LogP contribution in [0.3, 0.4) is 0 Å². The number of quaternary nitrogens is 1. The fourth-order valence-corrected chi connectivity index (χ4v) is 5.70. The molecule has 0 aliphatic heterocycles. The van der Waals surface area contributed by atoms with Gasteiger partial charge in [0.15, 0.2) is 0 Å². The predicted octanol–water partition coefficient (Wildman–Crippen LogP) is 7.66. The van der Waals surface area contributed by atoms with E-state index in [0.29, 0.717) is 23.9 Å². The smallest absolute Gasteiger partial charge is 0.268 e. The van der Waals surface area contributed by atoms with Crippen molar-refractivity contribution in [3.8, 4) is 0 Å². The Labute approximate surface area is 259 Å². The van der Waals surface area contributed by atoms with Crippen LogP contribution in [0.5, 0.6) is 0 Å². The Balaban J connectivity index is 4.27. The largest absolute Gasteiger partial charge is 0.756 e. The van der Waals surface area contributed by atoms with Crippen LogP contribution in [0.4, 0.5) is 0 Å². The second kappa shape index (κ2) is 26.9. The van der Waals surface area contributed by atoms with Gasteiger partial charge in [-0.05, 0) is 12.8 Å². The van der Waals surface area contributed by atoms with Gasteiger partial charge in [-0.2, -0.15) is 0 Å². The van der Waals surface area contributed by atoms with E-state index in [1.165, 1.54) is 83.5 Å². The van der Waals surface area contributed by atoms with E-state index in [1.807, 2.05) is 21.1 Å². The lowest BCUT2D eigenvalue weighted by atomic mass is 10.0. The summed E-state index contributed by atoms with van der Waals surface area (Å²) in [5.41, 5.74) is 0. The number of aliphatic hydroxyl groups is 1. The average molecular weight is 621 g/mol. The van der Waals surface area contributed by atoms with Crippen molar-refractivity contribution >= 4 is 13.7 Å². The van der Waals surface area contributed by atoms with Gasteiger partial charge >= 0.3 is 0 Å². The molecular weight excluding hydrogens is 551 g/mol. The molecule has 252 valence electrons. The minimum atomic E-state index is -4.53. The number of hydrogen-bond donors (Lipinski definition) is 2. The Morgan fingerprint density at radius 1 is 0.738 bits per heavy atom. The summed E-state index contributed by atoms with van der Waals surface area (Å²) >= 11 is 0. The van der Waals surface area contributed by atoms with Gasteiger partial charge in [-0.3, -0.25) is 9.36 Å². The molecule has 0 saturated heterocycles. The first-order chi connectivity index (χ1) is 20.0. The number of nitrogens with one attached hydrogen (secondary N) is 1. The molecular formula is C33H69N2O6P. The zero-order valence-corrected chi connectivity index (χ0v) is 29.1. The fourth-order valence-electron chi connectivity index (χ4n) is 4.98. The first-order valence-electron chi connectivity index (χ1n) is 17.4. The summed E-state index contributed by atoms with van der Waals surface area (Å²) in [5, 5.41) is 13.7. The van der Waals surface area contributed by atoms with Crippen molar-refractivity contribution < 1.29 is 32.9 Å². The third-order valence-corrected chi connectivity index (χ3v) is 8.81. The SMILES string of the molecule is CCCCCCCCCCCCCCCCCCC(O)C(COP(=O)([O-])OCC[N+](C)(C)C)NC(=O)CCCCCC. The van der Waals surface area contributed by atoms with Crippen LogP contribution < -0.4 is 10.2 Å². The number of aliphatic hydroxyl groups excluding tert-OH is 1. The molecule has 9 heteroatoms. The van der Waals surface area contributed by atoms with Gasteiger partial charge in [0, 0.05) is 6.42 Å². The molecule has 1 amide bonds. The highest BCUT2D eigenvalue weighted by Crippen LogP contribution is 2.38. The highest BCUT2D eigenvalue weighted by molar-refractivity contribution is 7.45. The summed E-state index contributed by atoms with van der Waals surface area (Å²) < 4.78 is 22.9. The molecule has 0 aliphatic carbocycles. The number of nitrogens with zero attached hydrogens (tertiary/aromatic N) is 1. The van der Waals surface area contributed by atoms with Crippen molar-refractivity contribution in [3.05, 3.63) is 0 Å². The second-order valence-electron chi connectivity index (χ2n) is 13.2. The van der Waals surface area contributed by atoms with Crippen molar-refractivity contribution in [1.29, 1.82) is 0 Å². The maximum atomic E-state index is 12.5. The molecule has 3 unspecified atom stereocenters. The van der Waals surface area contributed by atoms with Crippen molar-refractivity contribution in [1.82, 2.24) is 5.32 Å². The van der Waals surface area contributed by atoms with Crippen LogP contribution in [-0.2, 0) is 18.4 Å². The summed E-state index contributed by atoms with van der Waals surface area (Å²) in [6.07, 6.45) is 24.4. The number of carbonyl (C=O) groups is 1. The molecule has 0 heterocycles. The number of amides is 1. The third-order valence-electron chi connectivity index (χ3n) is 7.85. The van der Waals surface area contributed by atoms with Crippen LogP contribution in [0.1, 0.15) is 155 Å². The van der Waals surface area contributed by atoms with Gasteiger partial charge in [-0.25, -0.2) is 0 Å². The number of rotatable bonds is 31. The molecule has 0 rings (SSSR count). The lowest BCUT2D eigenvalue weighted by molar-refractivity contribution is -0.870. The number of phosphoric ester groups is 1. The first kappa shape index (κ1) is 41.5. The molecule has 0 radical (unpaired) electrons. The summed E-state index contributed by atoms with van der Waals surface area (Å²) in [5.74, 6) is -0.183. The van der Waals surface area contributed by atoms with Crippen molar-refractivity contribution in [2.45, 2.75) is 167 Å². The van der Waals surface area contributed by atoms with Crippen molar-refractivity contribution in [2.24, 2.45) is 0 Å². The first-order valence-corrected chi connectivity index (χ1v) is 18.8. The highest BCUT2D eigenvalue weighted by atomic mass is 31.2. The maximum Gasteiger partial charge on any atom is 0.268 e. The number of carbonyl (C=O) groups excluding carboxylic acids is 1. The zero-order valence-electron chi connectivity index (χ0n) is 28.2. The van der Waals surface area contributed by atoms with Crippen LogP contribution in [0.15, 0.2) is 0 Å². The molecule has 0 bridgehead atoms. The summed E-state index contributed by atoms with van der Waals surface area (Å²) in [4.78, 5) is 24.8. The minimum absolute atomic E-state index is 0.0144. The van der Waals surface area contributed by atoms with E-state index in [2.05, 4.69) is 19.2 Å². The van der Waals surface area contributed by atoms with Crippen LogP contribution in [-0.4, -0.2) is 68.5 Å². The average Bonchev–Trinajstić information content (AvgIpc) is 2.92. The molecule has 0 spiro atoms. The molecule has 0 aromatic rings. The monoisotopic (exact) mass is 620 g/mol. The van der Waals surface area contributed by atoms with Crippen LogP contribution in [0.2, 0.25) is 0 Å². The Bertz CT molecular complexity index is 673. The van der Waals surface area contributed by atoms with Crippen LogP contribution in [0, 0.1) is 0 Å². The van der Waals surface area contributed by atoms with Crippen LogP contribution >= 0.6 is 7.82 Å². The number of likely N-dealkylation sites (N-methyl/N-ethyl adjacent to an activating group) is 1. The van der Waals surface area contributed by atoms with Gasteiger partial charge in [0.05, 0.1) is 39.9 Å². The fraction of sp³-hybridized carbons (Fsp3) is 0.970. The second-order valence-corrected chi connectivity index (χ2v) is 14.6. The van der Waals surface area contributed by atoms with E-state index in [9.17, 15) is 19.4 Å². The molecule has 42 heavy (non-hydrogen) atoms. The zero-order chi connectivity index (χ0) is 31.5. The third kappa shape index (κ3) is 28.3. The molecule has 0 saturated carbocycles. The maximum absolute atomic E-state index is 12.5. The van der Waals surface area contributed by atoms with Crippen LogP contribution in [0.25, 0.3) is 0 Å². The van der Waals surface area contributed by atoms with Gasteiger partial charge in [-0.15, -0.1) is 0 Å². The van der Waals surface area contributed by atoms with E-state index in [4.69, 9.17) is 9.05 Å². The van der Waals surface area contributed by atoms with Gasteiger partial charge in [0.1, 0.15) is 13.2 Å². The molecule has 0 aromatic carbocycles. The molecule has 8 nitrogen and oxygen atoms in total. The highest BCUT2D eigenvalue weighted by Gasteiger charge is 2.24. The Morgan fingerprint density at radius 3 is 1.62 bits per heavy atom. The van der Waals surface area contributed by atoms with E-state index in [1.54, 1.807) is 0 Å². The van der Waals surface area contributed by atoms with Crippen molar-refractivity contribution in [3.63, 3.8) is 0 Å². The molecule has 0 aliphatic rings.